The van der Waals surface area contributed by atoms with Gasteiger partial charge in [0.25, 0.3) is 5.91 Å². The molecule has 1 amide bonds. The van der Waals surface area contributed by atoms with Gasteiger partial charge in [0, 0.05) is 26.2 Å². The molecule has 0 aromatic carbocycles. The average molecular weight is 325 g/mol. The molecule has 7 heteroatoms. The third-order valence-electron chi connectivity index (χ3n) is 4.26. The molecular weight excluding hydrogens is 308 g/mol. The zero-order chi connectivity index (χ0) is 13.5. The van der Waals surface area contributed by atoms with Crippen molar-refractivity contribution in [3.8, 4) is 10.6 Å². The number of carbonyl (C=O) groups excluding carboxylic acids is 1. The molecule has 0 unspecified atom stereocenters. The Morgan fingerprint density at radius 2 is 2.10 bits per heavy atom. The van der Waals surface area contributed by atoms with Crippen molar-refractivity contribution in [3.05, 3.63) is 29.3 Å². The predicted octanol–water partition coefficient (Wildman–Crippen LogP) is 1.85. The molecule has 2 N–H and O–H groups in total. The van der Waals surface area contributed by atoms with E-state index in [1.165, 1.54) is 0 Å². The van der Waals surface area contributed by atoms with Gasteiger partial charge >= 0.3 is 0 Å². The standard InChI is InChI=1S/C14H16N4OS.ClH/c19-14(18-7-9-5-15-6-10(9)8-18)12-4-11(16-17-12)13-2-1-3-20-13;/h1-4,9-10,15H,5-8H2,(H,16,17);1H/t9-,10+;. The van der Waals surface area contributed by atoms with Crippen LogP contribution in [-0.4, -0.2) is 47.2 Å². The number of likely N-dealkylation sites (tertiary alicyclic amines) is 1. The summed E-state index contributed by atoms with van der Waals surface area (Å²) in [5, 5.41) is 12.6. The fourth-order valence-corrected chi connectivity index (χ4v) is 3.86. The Morgan fingerprint density at radius 1 is 1.33 bits per heavy atom. The number of fused-ring (bicyclic) bond motifs is 1. The molecule has 21 heavy (non-hydrogen) atoms. The van der Waals surface area contributed by atoms with Crippen LogP contribution in [0.5, 0.6) is 0 Å². The molecule has 0 aliphatic carbocycles. The minimum atomic E-state index is 0. The van der Waals surface area contributed by atoms with Gasteiger partial charge in [0.15, 0.2) is 5.69 Å². The van der Waals surface area contributed by atoms with Gasteiger partial charge in [-0.05, 0) is 29.3 Å². The first kappa shape index (κ1) is 14.6. The SMILES string of the molecule is Cl.O=C(c1cc(-c2cccs2)[nH]n1)N1C[C@H]2CNC[C@H]2C1. The average Bonchev–Trinajstić information content (AvgIpc) is 3.19. The van der Waals surface area contributed by atoms with E-state index < -0.39 is 0 Å². The maximum Gasteiger partial charge on any atom is 0.274 e. The molecule has 5 nitrogen and oxygen atoms in total. The lowest BCUT2D eigenvalue weighted by atomic mass is 10.0. The van der Waals surface area contributed by atoms with Crippen LogP contribution >= 0.6 is 23.7 Å². The van der Waals surface area contributed by atoms with Crippen molar-refractivity contribution in [1.82, 2.24) is 20.4 Å². The van der Waals surface area contributed by atoms with Crippen LogP contribution in [0.25, 0.3) is 10.6 Å². The third kappa shape index (κ3) is 2.59. The van der Waals surface area contributed by atoms with Gasteiger partial charge in [-0.15, -0.1) is 23.7 Å². The van der Waals surface area contributed by atoms with Gasteiger partial charge in [-0.1, -0.05) is 6.07 Å². The summed E-state index contributed by atoms with van der Waals surface area (Å²) in [5.74, 6) is 1.29. The molecule has 0 spiro atoms. The Hall–Kier alpha value is -1.37. The van der Waals surface area contributed by atoms with Gasteiger partial charge in [0.1, 0.15) is 0 Å². The van der Waals surface area contributed by atoms with E-state index in [-0.39, 0.29) is 18.3 Å². The second kappa shape index (κ2) is 5.79. The third-order valence-corrected chi connectivity index (χ3v) is 5.16. The first-order chi connectivity index (χ1) is 9.81. The largest absolute Gasteiger partial charge is 0.337 e. The number of nitrogens with zero attached hydrogens (tertiary/aromatic N) is 2. The molecule has 4 rings (SSSR count). The van der Waals surface area contributed by atoms with Gasteiger partial charge in [-0.3, -0.25) is 9.89 Å². The summed E-state index contributed by atoms with van der Waals surface area (Å²) < 4.78 is 0. The number of hydrogen-bond donors (Lipinski definition) is 2. The van der Waals surface area contributed by atoms with E-state index in [0.717, 1.165) is 36.8 Å². The molecule has 2 atom stereocenters. The Bertz CT molecular complexity index is 615. The number of nitrogens with one attached hydrogen (secondary N) is 2. The van der Waals surface area contributed by atoms with Crippen LogP contribution in [0.4, 0.5) is 0 Å². The fraction of sp³-hybridized carbons (Fsp3) is 0.429. The maximum absolute atomic E-state index is 12.5. The van der Waals surface area contributed by atoms with Gasteiger partial charge in [0.05, 0.1) is 10.6 Å². The summed E-state index contributed by atoms with van der Waals surface area (Å²) in [6, 6.07) is 5.88. The number of amides is 1. The van der Waals surface area contributed by atoms with Crippen molar-refractivity contribution < 1.29 is 4.79 Å². The highest BCUT2D eigenvalue weighted by Gasteiger charge is 2.38. The molecule has 2 aliphatic rings. The fourth-order valence-electron chi connectivity index (χ4n) is 3.17. The number of thiophene rings is 1. The van der Waals surface area contributed by atoms with Crippen LogP contribution in [0.2, 0.25) is 0 Å². The Morgan fingerprint density at radius 3 is 2.76 bits per heavy atom. The lowest BCUT2D eigenvalue weighted by molar-refractivity contribution is 0.0776. The number of carbonyl (C=O) groups is 1. The van der Waals surface area contributed by atoms with E-state index in [0.29, 0.717) is 17.5 Å². The summed E-state index contributed by atoms with van der Waals surface area (Å²) >= 11 is 1.64. The van der Waals surface area contributed by atoms with Gasteiger partial charge in [-0.2, -0.15) is 5.10 Å². The normalized spacial score (nSPS) is 23.9. The number of hydrogen-bond acceptors (Lipinski definition) is 4. The summed E-state index contributed by atoms with van der Waals surface area (Å²) in [5.41, 5.74) is 1.45. The highest BCUT2D eigenvalue weighted by atomic mass is 35.5. The number of aromatic nitrogens is 2. The molecule has 2 fully saturated rings. The first-order valence-corrected chi connectivity index (χ1v) is 7.78. The highest BCUT2D eigenvalue weighted by molar-refractivity contribution is 7.13. The lowest BCUT2D eigenvalue weighted by Gasteiger charge is -2.15. The molecule has 112 valence electrons. The summed E-state index contributed by atoms with van der Waals surface area (Å²) in [4.78, 5) is 15.5. The lowest BCUT2D eigenvalue weighted by Crippen LogP contribution is -2.32. The molecule has 2 aromatic heterocycles. The molecule has 2 saturated heterocycles. The van der Waals surface area contributed by atoms with Crippen molar-refractivity contribution in [1.29, 1.82) is 0 Å². The van der Waals surface area contributed by atoms with E-state index in [2.05, 4.69) is 15.5 Å². The van der Waals surface area contributed by atoms with Crippen LogP contribution in [0.1, 0.15) is 10.5 Å². The summed E-state index contributed by atoms with van der Waals surface area (Å²) in [6.07, 6.45) is 0. The molecule has 4 heterocycles. The van der Waals surface area contributed by atoms with E-state index >= 15 is 0 Å². The van der Waals surface area contributed by atoms with Crippen LogP contribution < -0.4 is 5.32 Å². The zero-order valence-corrected chi connectivity index (χ0v) is 13.0. The summed E-state index contributed by atoms with van der Waals surface area (Å²) in [7, 11) is 0. The highest BCUT2D eigenvalue weighted by Crippen LogP contribution is 2.28. The summed E-state index contributed by atoms with van der Waals surface area (Å²) in [6.45, 7) is 3.79. The van der Waals surface area contributed by atoms with Gasteiger partial charge in [-0.25, -0.2) is 0 Å². The van der Waals surface area contributed by atoms with Gasteiger partial charge in [0.2, 0.25) is 0 Å². The zero-order valence-electron chi connectivity index (χ0n) is 11.4. The minimum absolute atomic E-state index is 0. The molecular formula is C14H17ClN4OS. The quantitative estimate of drug-likeness (QED) is 0.886. The minimum Gasteiger partial charge on any atom is -0.337 e. The van der Waals surface area contributed by atoms with E-state index in [9.17, 15) is 4.79 Å². The number of aromatic amines is 1. The molecule has 0 radical (unpaired) electrons. The van der Waals surface area contributed by atoms with E-state index in [1.807, 2.05) is 28.5 Å². The molecule has 0 bridgehead atoms. The van der Waals surface area contributed by atoms with Crippen molar-refractivity contribution in [3.63, 3.8) is 0 Å². The monoisotopic (exact) mass is 324 g/mol. The molecule has 2 aliphatic heterocycles. The van der Waals surface area contributed by atoms with Crippen molar-refractivity contribution in [2.75, 3.05) is 26.2 Å². The van der Waals surface area contributed by atoms with E-state index in [1.54, 1.807) is 11.3 Å². The van der Waals surface area contributed by atoms with Crippen molar-refractivity contribution in [2.24, 2.45) is 11.8 Å². The second-order valence-electron chi connectivity index (χ2n) is 5.53. The van der Waals surface area contributed by atoms with Crippen LogP contribution in [-0.2, 0) is 0 Å². The Labute approximate surface area is 133 Å². The smallest absolute Gasteiger partial charge is 0.274 e. The van der Waals surface area contributed by atoms with E-state index in [4.69, 9.17) is 0 Å². The van der Waals surface area contributed by atoms with Crippen molar-refractivity contribution in [2.45, 2.75) is 0 Å². The molecule has 2 aromatic rings. The Balaban J connectivity index is 0.00000132. The maximum atomic E-state index is 12.5. The van der Waals surface area contributed by atoms with Crippen LogP contribution in [0, 0.1) is 11.8 Å². The van der Waals surface area contributed by atoms with Crippen molar-refractivity contribution >= 4 is 29.7 Å². The van der Waals surface area contributed by atoms with Crippen LogP contribution in [0.15, 0.2) is 23.6 Å². The van der Waals surface area contributed by atoms with Gasteiger partial charge < -0.3 is 10.2 Å². The second-order valence-corrected chi connectivity index (χ2v) is 6.48. The number of rotatable bonds is 2. The number of H-pyrrole nitrogens is 1. The topological polar surface area (TPSA) is 61.0 Å². The number of halogens is 1. The first-order valence-electron chi connectivity index (χ1n) is 6.90. The Kier molecular flexibility index (Phi) is 4.01. The molecule has 0 saturated carbocycles. The predicted molar refractivity (Wildman–Crippen MR) is 84.9 cm³/mol. The van der Waals surface area contributed by atoms with Crippen LogP contribution in [0.3, 0.4) is 0 Å².